The average Bonchev–Trinajstić information content (AvgIpc) is 3.02. The van der Waals surface area contributed by atoms with Crippen LogP contribution in [0.15, 0.2) is 29.1 Å². The van der Waals surface area contributed by atoms with Crippen LogP contribution in [0.2, 0.25) is 0 Å². The molecule has 2 aromatic carbocycles. The number of benzene rings is 1. The summed E-state index contributed by atoms with van der Waals surface area (Å²) in [6.07, 6.45) is 0.415. The summed E-state index contributed by atoms with van der Waals surface area (Å²) in [5, 5.41) is 5.42. The summed E-state index contributed by atoms with van der Waals surface area (Å²) >= 11 is 0. The molecule has 9 heteroatoms. The molecule has 0 heterocycles. The van der Waals surface area contributed by atoms with E-state index in [-0.39, 0.29) is 18.2 Å². The number of hydrogen-bond donors (Lipinski definition) is 2. The summed E-state index contributed by atoms with van der Waals surface area (Å²) in [7, 11) is 4.60. The van der Waals surface area contributed by atoms with Crippen molar-refractivity contribution in [1.29, 1.82) is 0 Å². The first kappa shape index (κ1) is 23.9. The Morgan fingerprint density at radius 2 is 1.79 bits per heavy atom. The molecule has 0 fully saturated rings. The molecule has 2 N–H and O–H groups in total. The van der Waals surface area contributed by atoms with E-state index in [0.29, 0.717) is 41.2 Å². The predicted molar refractivity (Wildman–Crippen MR) is 123 cm³/mol. The summed E-state index contributed by atoms with van der Waals surface area (Å²) in [6, 6.07) is 6.13. The number of carbonyl (C=O) groups is 2. The number of fused-ring (bicyclic) bond motifs is 3. The molecule has 33 heavy (non-hydrogen) atoms. The zero-order valence-corrected chi connectivity index (χ0v) is 19.4. The molecular formula is C24H28N2O7. The highest BCUT2D eigenvalue weighted by molar-refractivity contribution is 5.86. The molecule has 0 spiro atoms. The van der Waals surface area contributed by atoms with E-state index < -0.39 is 17.6 Å². The lowest BCUT2D eigenvalue weighted by molar-refractivity contribution is -0.119. The Balaban J connectivity index is 2.33. The van der Waals surface area contributed by atoms with E-state index in [4.69, 9.17) is 18.9 Å². The summed E-state index contributed by atoms with van der Waals surface area (Å²) in [5.41, 5.74) is 2.57. The number of nitrogens with one attached hydrogen (secondary N) is 2. The molecule has 9 nitrogen and oxygen atoms in total. The lowest BCUT2D eigenvalue weighted by atomic mass is 9.95. The fourth-order valence-corrected chi connectivity index (χ4v) is 4.09. The highest BCUT2D eigenvalue weighted by Gasteiger charge is 2.29. The van der Waals surface area contributed by atoms with E-state index in [2.05, 4.69) is 10.6 Å². The fourth-order valence-electron chi connectivity index (χ4n) is 4.09. The molecule has 1 atom stereocenters. The lowest BCUT2D eigenvalue weighted by Gasteiger charge is -2.19. The van der Waals surface area contributed by atoms with Gasteiger partial charge >= 0.3 is 6.09 Å². The van der Waals surface area contributed by atoms with Gasteiger partial charge in [-0.05, 0) is 54.7 Å². The summed E-state index contributed by atoms with van der Waals surface area (Å²) in [5.74, 6) is 1.17. The molecule has 176 valence electrons. The van der Waals surface area contributed by atoms with Gasteiger partial charge in [-0.1, -0.05) is 6.07 Å². The quantitative estimate of drug-likeness (QED) is 0.685. The van der Waals surface area contributed by atoms with E-state index in [1.807, 2.05) is 6.07 Å². The Bertz CT molecular complexity index is 1130. The number of rotatable bonds is 6. The van der Waals surface area contributed by atoms with E-state index in [1.165, 1.54) is 33.3 Å². The molecule has 1 aliphatic carbocycles. The van der Waals surface area contributed by atoms with Crippen LogP contribution in [0.1, 0.15) is 37.4 Å². The van der Waals surface area contributed by atoms with E-state index in [1.54, 1.807) is 20.1 Å². The summed E-state index contributed by atoms with van der Waals surface area (Å²) in [6.45, 7) is 3.28. The lowest BCUT2D eigenvalue weighted by Crippen LogP contribution is -2.26. The maximum Gasteiger partial charge on any atom is 0.411 e. The van der Waals surface area contributed by atoms with Gasteiger partial charge in [0.05, 0.1) is 39.7 Å². The van der Waals surface area contributed by atoms with Crippen molar-refractivity contribution in [3.05, 3.63) is 45.6 Å². The molecule has 0 saturated carbocycles. The first-order valence-electron chi connectivity index (χ1n) is 10.6. The van der Waals surface area contributed by atoms with Crippen LogP contribution in [0.4, 0.5) is 10.5 Å². The minimum absolute atomic E-state index is 0.0593. The molecule has 0 aromatic heterocycles. The van der Waals surface area contributed by atoms with Crippen LogP contribution in [0.3, 0.4) is 0 Å². The van der Waals surface area contributed by atoms with Gasteiger partial charge in [-0.3, -0.25) is 14.9 Å². The van der Waals surface area contributed by atoms with Crippen molar-refractivity contribution in [3.63, 3.8) is 0 Å². The third kappa shape index (κ3) is 4.87. The molecule has 1 unspecified atom stereocenters. The Kier molecular flexibility index (Phi) is 7.42. The summed E-state index contributed by atoms with van der Waals surface area (Å²) < 4.78 is 21.7. The van der Waals surface area contributed by atoms with Crippen molar-refractivity contribution < 1.29 is 28.5 Å². The number of anilines is 1. The topological polar surface area (TPSA) is 112 Å². The predicted octanol–water partition coefficient (Wildman–Crippen LogP) is 3.43. The molecule has 0 saturated heterocycles. The third-order valence-electron chi connectivity index (χ3n) is 5.43. The highest BCUT2D eigenvalue weighted by Crippen LogP contribution is 2.50. The largest absolute Gasteiger partial charge is 0.493 e. The number of hydrogen-bond acceptors (Lipinski definition) is 7. The maximum absolute atomic E-state index is 13.0. The van der Waals surface area contributed by atoms with E-state index in [0.717, 1.165) is 11.1 Å². The molecule has 2 amide bonds. The number of carbonyl (C=O) groups excluding carboxylic acids is 2. The van der Waals surface area contributed by atoms with Crippen molar-refractivity contribution in [3.8, 4) is 28.4 Å². The minimum atomic E-state index is -0.723. The molecular weight excluding hydrogens is 428 g/mol. The van der Waals surface area contributed by atoms with Crippen LogP contribution in [0, 0.1) is 0 Å². The van der Waals surface area contributed by atoms with Gasteiger partial charge in [0.15, 0.2) is 11.5 Å². The van der Waals surface area contributed by atoms with E-state index >= 15 is 0 Å². The van der Waals surface area contributed by atoms with Crippen molar-refractivity contribution in [2.75, 3.05) is 33.3 Å². The first-order chi connectivity index (χ1) is 15.8. The molecule has 0 radical (unpaired) electrons. The van der Waals surface area contributed by atoms with E-state index in [9.17, 15) is 14.4 Å². The monoisotopic (exact) mass is 456 g/mol. The van der Waals surface area contributed by atoms with Crippen LogP contribution in [0.5, 0.6) is 17.2 Å². The Hall–Kier alpha value is -3.75. The Labute approximate surface area is 192 Å². The molecule has 2 aromatic rings. The minimum Gasteiger partial charge on any atom is -0.493 e. The maximum atomic E-state index is 13.0. The second-order valence-electron chi connectivity index (χ2n) is 7.44. The zero-order valence-electron chi connectivity index (χ0n) is 19.4. The first-order valence-corrected chi connectivity index (χ1v) is 10.6. The number of methoxy groups -OCH3 is 3. The third-order valence-corrected chi connectivity index (χ3v) is 5.43. The van der Waals surface area contributed by atoms with Gasteiger partial charge in [-0.2, -0.15) is 0 Å². The average molecular weight is 456 g/mol. The molecule has 0 bridgehead atoms. The Morgan fingerprint density at radius 1 is 1.06 bits per heavy atom. The SMILES string of the molecule is CCOC(=O)Nc1ccc2c(cc1=O)C(NC(C)=O)CCc1cc(OC)c(OC)c(OC)c1-2. The van der Waals surface area contributed by atoms with Crippen molar-refractivity contribution in [1.82, 2.24) is 5.32 Å². The Morgan fingerprint density at radius 3 is 2.39 bits per heavy atom. The highest BCUT2D eigenvalue weighted by atomic mass is 16.5. The van der Waals surface area contributed by atoms with Crippen LogP contribution in [0.25, 0.3) is 11.1 Å². The molecule has 3 rings (SSSR count). The van der Waals surface area contributed by atoms with Gasteiger partial charge in [0.2, 0.25) is 17.1 Å². The normalized spacial score (nSPS) is 14.2. The van der Waals surface area contributed by atoms with Crippen molar-refractivity contribution in [2.24, 2.45) is 0 Å². The van der Waals surface area contributed by atoms with Crippen LogP contribution in [-0.2, 0) is 16.0 Å². The van der Waals surface area contributed by atoms with Crippen molar-refractivity contribution in [2.45, 2.75) is 32.7 Å². The van der Waals surface area contributed by atoms with Crippen molar-refractivity contribution >= 4 is 17.7 Å². The van der Waals surface area contributed by atoms with Gasteiger partial charge in [0.1, 0.15) is 0 Å². The van der Waals surface area contributed by atoms with Crippen LogP contribution >= 0.6 is 0 Å². The number of amides is 2. The van der Waals surface area contributed by atoms with Gasteiger partial charge in [-0.15, -0.1) is 0 Å². The zero-order chi connectivity index (χ0) is 24.1. The standard InChI is InChI=1S/C24H28N2O7/c1-6-33-24(29)26-18-10-8-15-16(12-19(18)28)17(25-13(2)27)9-7-14-11-20(30-3)22(31-4)23(32-5)21(14)15/h8,10-12,17H,6-7,9H2,1-5H3,(H,25,27)(H,26,28,29). The summed E-state index contributed by atoms with van der Waals surface area (Å²) in [4.78, 5) is 36.9. The van der Waals surface area contributed by atoms with Crippen LogP contribution < -0.4 is 30.3 Å². The fraction of sp³-hybridized carbons (Fsp3) is 0.375. The van der Waals surface area contributed by atoms with Crippen LogP contribution in [-0.4, -0.2) is 39.9 Å². The molecule has 0 aliphatic heterocycles. The van der Waals surface area contributed by atoms with Gasteiger partial charge in [0.25, 0.3) is 0 Å². The molecule has 1 aliphatic rings. The van der Waals surface area contributed by atoms with Gasteiger partial charge in [0, 0.05) is 12.5 Å². The smallest absolute Gasteiger partial charge is 0.411 e. The second-order valence-corrected chi connectivity index (χ2v) is 7.44. The second kappa shape index (κ2) is 10.2. The number of aryl methyl sites for hydroxylation is 1. The number of ether oxygens (including phenoxy) is 4. The van der Waals surface area contributed by atoms with Gasteiger partial charge < -0.3 is 24.3 Å². The van der Waals surface area contributed by atoms with Gasteiger partial charge in [-0.25, -0.2) is 4.79 Å².